The fourth-order valence-corrected chi connectivity index (χ4v) is 2.33. The number of nitrogens with one attached hydrogen (secondary N) is 2. The quantitative estimate of drug-likeness (QED) is 0.685. The molecule has 0 unspecified atom stereocenters. The maximum atomic E-state index is 12.2. The minimum absolute atomic E-state index is 0.265. The van der Waals surface area contributed by atoms with Crippen molar-refractivity contribution in [3.05, 3.63) is 65.5 Å². The third-order valence-electron chi connectivity index (χ3n) is 3.87. The van der Waals surface area contributed by atoms with E-state index in [1.165, 1.54) is 12.3 Å². The van der Waals surface area contributed by atoms with Gasteiger partial charge in [0, 0.05) is 23.3 Å². The Balaban J connectivity index is 1.75. The minimum Gasteiger partial charge on any atom is -0.366 e. The van der Waals surface area contributed by atoms with Crippen LogP contribution in [0.25, 0.3) is 5.69 Å². The van der Waals surface area contributed by atoms with Crippen molar-refractivity contribution in [1.82, 2.24) is 14.5 Å². The molecular weight excluding hydrogens is 306 g/mol. The van der Waals surface area contributed by atoms with Crippen molar-refractivity contribution in [2.24, 2.45) is 5.73 Å². The first-order valence-corrected chi connectivity index (χ1v) is 7.36. The van der Waals surface area contributed by atoms with E-state index in [4.69, 9.17) is 5.73 Å². The van der Waals surface area contributed by atoms with Gasteiger partial charge in [0.25, 0.3) is 5.91 Å². The van der Waals surface area contributed by atoms with Gasteiger partial charge in [-0.05, 0) is 44.2 Å². The van der Waals surface area contributed by atoms with Crippen LogP contribution in [0.4, 0.5) is 5.69 Å². The molecule has 0 aliphatic carbocycles. The molecule has 0 spiro atoms. The molecule has 7 nitrogen and oxygen atoms in total. The summed E-state index contributed by atoms with van der Waals surface area (Å²) < 4.78 is 1.98. The zero-order valence-electron chi connectivity index (χ0n) is 13.3. The van der Waals surface area contributed by atoms with E-state index in [0.29, 0.717) is 5.69 Å². The van der Waals surface area contributed by atoms with Crippen LogP contribution in [0.1, 0.15) is 32.2 Å². The summed E-state index contributed by atoms with van der Waals surface area (Å²) >= 11 is 0. The van der Waals surface area contributed by atoms with Crippen molar-refractivity contribution < 1.29 is 9.59 Å². The van der Waals surface area contributed by atoms with Crippen LogP contribution in [-0.2, 0) is 0 Å². The highest BCUT2D eigenvalue weighted by atomic mass is 16.2. The molecule has 1 aromatic carbocycles. The SMILES string of the molecule is Cc1ncn(-c2ccc(NC(=O)c3cc(C(N)=O)c[nH]3)cc2)c1C. The van der Waals surface area contributed by atoms with Gasteiger partial charge < -0.3 is 20.6 Å². The summed E-state index contributed by atoms with van der Waals surface area (Å²) in [7, 11) is 0. The highest BCUT2D eigenvalue weighted by Crippen LogP contribution is 2.17. The molecule has 0 fully saturated rings. The molecule has 24 heavy (non-hydrogen) atoms. The lowest BCUT2D eigenvalue weighted by molar-refractivity contribution is 0.0999. The lowest BCUT2D eigenvalue weighted by Gasteiger charge is -2.08. The standard InChI is InChI=1S/C17H17N5O2/c1-10-11(2)22(9-20-10)14-5-3-13(4-6-14)21-17(24)15-7-12(8-19-15)16(18)23/h3-9,19H,1-2H3,(H2,18,23)(H,21,24). The van der Waals surface area contributed by atoms with E-state index in [2.05, 4.69) is 15.3 Å². The smallest absolute Gasteiger partial charge is 0.272 e. The van der Waals surface area contributed by atoms with Crippen molar-refractivity contribution >= 4 is 17.5 Å². The second kappa shape index (κ2) is 6.04. The maximum Gasteiger partial charge on any atom is 0.272 e. The van der Waals surface area contributed by atoms with Crippen molar-refractivity contribution in [2.45, 2.75) is 13.8 Å². The van der Waals surface area contributed by atoms with Crippen LogP contribution in [0.2, 0.25) is 0 Å². The van der Waals surface area contributed by atoms with E-state index >= 15 is 0 Å². The molecule has 0 aliphatic rings. The monoisotopic (exact) mass is 323 g/mol. The Bertz CT molecular complexity index is 905. The van der Waals surface area contributed by atoms with Gasteiger partial charge in [-0.1, -0.05) is 0 Å². The number of benzene rings is 1. The Morgan fingerprint density at radius 2 is 1.92 bits per heavy atom. The van der Waals surface area contributed by atoms with Crippen LogP contribution in [0, 0.1) is 13.8 Å². The fourth-order valence-electron chi connectivity index (χ4n) is 2.33. The normalized spacial score (nSPS) is 10.6. The van der Waals surface area contributed by atoms with Gasteiger partial charge >= 0.3 is 0 Å². The van der Waals surface area contributed by atoms with Crippen LogP contribution in [0.5, 0.6) is 0 Å². The molecule has 3 rings (SSSR count). The highest BCUT2D eigenvalue weighted by molar-refractivity contribution is 6.05. The van der Waals surface area contributed by atoms with E-state index < -0.39 is 5.91 Å². The number of hydrogen-bond acceptors (Lipinski definition) is 3. The number of imidazole rings is 1. The lowest BCUT2D eigenvalue weighted by atomic mass is 10.2. The number of anilines is 1. The Hall–Kier alpha value is -3.35. The topological polar surface area (TPSA) is 106 Å². The summed E-state index contributed by atoms with van der Waals surface area (Å²) in [5.74, 6) is -0.925. The molecule has 122 valence electrons. The number of carbonyl (C=O) groups is 2. The number of aryl methyl sites for hydroxylation is 1. The Morgan fingerprint density at radius 3 is 2.46 bits per heavy atom. The molecular formula is C17H17N5O2. The summed E-state index contributed by atoms with van der Waals surface area (Å²) in [6.45, 7) is 3.96. The van der Waals surface area contributed by atoms with E-state index in [9.17, 15) is 9.59 Å². The van der Waals surface area contributed by atoms with Crippen molar-refractivity contribution in [1.29, 1.82) is 0 Å². The average Bonchev–Trinajstić information content (AvgIpc) is 3.17. The number of hydrogen-bond donors (Lipinski definition) is 3. The van der Waals surface area contributed by atoms with E-state index in [-0.39, 0.29) is 17.2 Å². The number of rotatable bonds is 4. The van der Waals surface area contributed by atoms with Gasteiger partial charge in [-0.2, -0.15) is 0 Å². The van der Waals surface area contributed by atoms with Crippen LogP contribution in [0.3, 0.4) is 0 Å². The van der Waals surface area contributed by atoms with Gasteiger partial charge in [0.1, 0.15) is 5.69 Å². The molecule has 0 atom stereocenters. The van der Waals surface area contributed by atoms with Gasteiger partial charge in [0.15, 0.2) is 0 Å². The van der Waals surface area contributed by atoms with Crippen LogP contribution in [0.15, 0.2) is 42.9 Å². The van der Waals surface area contributed by atoms with Gasteiger partial charge in [0.2, 0.25) is 5.91 Å². The Kier molecular flexibility index (Phi) is 3.91. The average molecular weight is 323 g/mol. The van der Waals surface area contributed by atoms with Crippen LogP contribution in [-0.4, -0.2) is 26.3 Å². The second-order valence-electron chi connectivity index (χ2n) is 5.45. The van der Waals surface area contributed by atoms with Crippen LogP contribution < -0.4 is 11.1 Å². The number of carbonyl (C=O) groups excluding carboxylic acids is 2. The second-order valence-corrected chi connectivity index (χ2v) is 5.45. The number of aromatic amines is 1. The van der Waals surface area contributed by atoms with Crippen LogP contribution >= 0.6 is 0 Å². The number of aromatic nitrogens is 3. The lowest BCUT2D eigenvalue weighted by Crippen LogP contribution is -2.13. The third kappa shape index (κ3) is 2.91. The zero-order chi connectivity index (χ0) is 17.3. The first-order valence-electron chi connectivity index (χ1n) is 7.36. The third-order valence-corrected chi connectivity index (χ3v) is 3.87. The molecule has 0 aliphatic heterocycles. The first kappa shape index (κ1) is 15.5. The molecule has 0 radical (unpaired) electrons. The van der Waals surface area contributed by atoms with Gasteiger partial charge in [-0.15, -0.1) is 0 Å². The summed E-state index contributed by atoms with van der Waals surface area (Å²) in [5.41, 5.74) is 9.35. The number of primary amides is 1. The van der Waals surface area contributed by atoms with Gasteiger partial charge in [0.05, 0.1) is 17.6 Å². The predicted octanol–water partition coefficient (Wildman–Crippen LogP) is 2.17. The summed E-state index contributed by atoms with van der Waals surface area (Å²) in [6.07, 6.45) is 3.17. The molecule has 2 aromatic heterocycles. The Morgan fingerprint density at radius 1 is 1.21 bits per heavy atom. The number of H-pyrrole nitrogens is 1. The first-order chi connectivity index (χ1) is 11.5. The predicted molar refractivity (Wildman–Crippen MR) is 90.3 cm³/mol. The van der Waals surface area contributed by atoms with E-state index in [0.717, 1.165) is 17.1 Å². The van der Waals surface area contributed by atoms with Gasteiger partial charge in [-0.25, -0.2) is 4.98 Å². The molecule has 0 saturated heterocycles. The number of nitrogens with two attached hydrogens (primary N) is 1. The van der Waals surface area contributed by atoms with Crippen molar-refractivity contribution in [3.8, 4) is 5.69 Å². The highest BCUT2D eigenvalue weighted by Gasteiger charge is 2.11. The minimum atomic E-state index is -0.583. The number of nitrogens with zero attached hydrogens (tertiary/aromatic N) is 2. The fraction of sp³-hybridized carbons (Fsp3) is 0.118. The number of amides is 2. The zero-order valence-corrected chi connectivity index (χ0v) is 13.3. The summed E-state index contributed by atoms with van der Waals surface area (Å²) in [4.78, 5) is 30.2. The molecule has 7 heteroatoms. The summed E-state index contributed by atoms with van der Waals surface area (Å²) in [6, 6.07) is 8.82. The molecule has 4 N–H and O–H groups in total. The van der Waals surface area contributed by atoms with Gasteiger partial charge in [-0.3, -0.25) is 9.59 Å². The Labute approximate surface area is 138 Å². The molecule has 0 saturated carbocycles. The summed E-state index contributed by atoms with van der Waals surface area (Å²) in [5, 5.41) is 2.76. The molecule has 0 bridgehead atoms. The molecule has 2 amide bonds. The molecule has 2 heterocycles. The van der Waals surface area contributed by atoms with Crippen molar-refractivity contribution in [3.63, 3.8) is 0 Å². The largest absolute Gasteiger partial charge is 0.366 e. The maximum absolute atomic E-state index is 12.2. The van der Waals surface area contributed by atoms with E-state index in [1.54, 1.807) is 18.5 Å². The van der Waals surface area contributed by atoms with Crippen molar-refractivity contribution in [2.75, 3.05) is 5.32 Å². The van der Waals surface area contributed by atoms with E-state index in [1.807, 2.05) is 30.5 Å². The molecule has 3 aromatic rings.